The first-order valence-corrected chi connectivity index (χ1v) is 11.5. The van der Waals surface area contributed by atoms with Gasteiger partial charge in [-0.25, -0.2) is 13.2 Å². The molecule has 2 heterocycles. The molecule has 0 atom stereocenters. The largest absolute Gasteiger partial charge is 0.444 e. The number of halogens is 1. The molecule has 27 heavy (non-hydrogen) atoms. The van der Waals surface area contributed by atoms with Gasteiger partial charge in [-0.15, -0.1) is 0 Å². The highest BCUT2D eigenvalue weighted by Crippen LogP contribution is 2.32. The van der Waals surface area contributed by atoms with Gasteiger partial charge in [0.05, 0.1) is 11.6 Å². The summed E-state index contributed by atoms with van der Waals surface area (Å²) in [6.07, 6.45) is 2.24. The SMILES string of the molecule is CC(C)(C)OC(=O)N1CCC(n2nc(S(C)(=O)=O)c3cc(Br)ccc32)CC1. The molecule has 0 spiro atoms. The van der Waals surface area contributed by atoms with E-state index in [9.17, 15) is 13.2 Å². The summed E-state index contributed by atoms with van der Waals surface area (Å²) in [7, 11) is -3.45. The summed E-state index contributed by atoms with van der Waals surface area (Å²) >= 11 is 3.40. The number of amides is 1. The van der Waals surface area contributed by atoms with Crippen LogP contribution in [0.15, 0.2) is 27.7 Å². The van der Waals surface area contributed by atoms with Crippen molar-refractivity contribution in [2.45, 2.75) is 50.3 Å². The molecule has 3 rings (SSSR count). The third-order valence-electron chi connectivity index (χ3n) is 4.45. The predicted octanol–water partition coefficient (Wildman–Crippen LogP) is 3.77. The lowest BCUT2D eigenvalue weighted by atomic mass is 10.1. The lowest BCUT2D eigenvalue weighted by Crippen LogP contribution is -2.42. The fourth-order valence-electron chi connectivity index (χ4n) is 3.26. The van der Waals surface area contributed by atoms with E-state index in [0.717, 1.165) is 9.99 Å². The lowest BCUT2D eigenvalue weighted by Gasteiger charge is -2.33. The molecule has 0 N–H and O–H groups in total. The van der Waals surface area contributed by atoms with Crippen LogP contribution in [0.4, 0.5) is 4.79 Å². The normalized spacial score (nSPS) is 16.7. The number of carbonyl (C=O) groups excluding carboxylic acids is 1. The second-order valence-corrected chi connectivity index (χ2v) is 10.7. The molecular weight excluding hydrogens is 434 g/mol. The zero-order valence-electron chi connectivity index (χ0n) is 15.9. The van der Waals surface area contributed by atoms with E-state index >= 15 is 0 Å². The number of nitrogens with zero attached hydrogens (tertiary/aromatic N) is 3. The average Bonchev–Trinajstić information content (AvgIpc) is 2.92. The minimum Gasteiger partial charge on any atom is -0.444 e. The fourth-order valence-corrected chi connectivity index (χ4v) is 4.42. The number of fused-ring (bicyclic) bond motifs is 1. The highest BCUT2D eigenvalue weighted by atomic mass is 79.9. The van der Waals surface area contributed by atoms with Crippen LogP contribution in [0.5, 0.6) is 0 Å². The van der Waals surface area contributed by atoms with Gasteiger partial charge in [0, 0.05) is 29.2 Å². The van der Waals surface area contributed by atoms with Crippen LogP contribution in [0.25, 0.3) is 10.9 Å². The van der Waals surface area contributed by atoms with Crippen molar-refractivity contribution in [1.29, 1.82) is 0 Å². The highest BCUT2D eigenvalue weighted by Gasteiger charge is 2.30. The Balaban J connectivity index is 1.85. The van der Waals surface area contributed by atoms with Crippen molar-refractivity contribution < 1.29 is 17.9 Å². The van der Waals surface area contributed by atoms with Crippen molar-refractivity contribution in [2.24, 2.45) is 0 Å². The van der Waals surface area contributed by atoms with Crippen molar-refractivity contribution >= 4 is 42.8 Å². The number of aromatic nitrogens is 2. The molecule has 1 aliphatic rings. The van der Waals surface area contributed by atoms with Crippen LogP contribution in [-0.4, -0.2) is 54.1 Å². The third-order valence-corrected chi connectivity index (χ3v) is 5.94. The molecule has 9 heteroatoms. The number of rotatable bonds is 2. The van der Waals surface area contributed by atoms with E-state index in [1.165, 1.54) is 6.26 Å². The minimum atomic E-state index is -3.45. The Morgan fingerprint density at radius 2 is 1.89 bits per heavy atom. The lowest BCUT2D eigenvalue weighted by molar-refractivity contribution is 0.0186. The molecule has 0 bridgehead atoms. The molecule has 1 fully saturated rings. The summed E-state index contributed by atoms with van der Waals surface area (Å²) in [5.41, 5.74) is 0.263. The van der Waals surface area contributed by atoms with Gasteiger partial charge in [0.25, 0.3) is 0 Å². The molecule has 1 aliphatic heterocycles. The summed E-state index contributed by atoms with van der Waals surface area (Å²) in [4.78, 5) is 13.9. The Hall–Kier alpha value is -1.61. The molecule has 0 radical (unpaired) electrons. The van der Waals surface area contributed by atoms with E-state index < -0.39 is 15.4 Å². The fraction of sp³-hybridized carbons (Fsp3) is 0.556. The van der Waals surface area contributed by atoms with Crippen LogP contribution in [0.1, 0.15) is 39.7 Å². The maximum Gasteiger partial charge on any atom is 0.410 e. The molecule has 1 aromatic carbocycles. The standard InChI is InChI=1S/C18H24BrN3O4S/c1-18(2,3)26-17(23)21-9-7-13(8-10-21)22-15-6-5-12(19)11-14(15)16(20-22)27(4,24)25/h5-6,11,13H,7-10H2,1-4H3. The molecule has 7 nitrogen and oxygen atoms in total. The molecule has 1 saturated heterocycles. The van der Waals surface area contributed by atoms with E-state index in [2.05, 4.69) is 21.0 Å². The van der Waals surface area contributed by atoms with Crippen molar-refractivity contribution in [3.63, 3.8) is 0 Å². The average molecular weight is 458 g/mol. The molecule has 1 amide bonds. The van der Waals surface area contributed by atoms with E-state index in [0.29, 0.717) is 31.3 Å². The zero-order valence-corrected chi connectivity index (χ0v) is 18.3. The number of likely N-dealkylation sites (tertiary alicyclic amines) is 1. The van der Waals surface area contributed by atoms with Crippen LogP contribution < -0.4 is 0 Å². The Morgan fingerprint density at radius 1 is 1.26 bits per heavy atom. The van der Waals surface area contributed by atoms with E-state index in [4.69, 9.17) is 4.74 Å². The molecule has 0 saturated carbocycles. The predicted molar refractivity (Wildman–Crippen MR) is 107 cm³/mol. The van der Waals surface area contributed by atoms with E-state index in [1.807, 2.05) is 32.9 Å². The molecule has 0 aliphatic carbocycles. The maximum absolute atomic E-state index is 12.2. The van der Waals surface area contributed by atoms with Gasteiger partial charge < -0.3 is 9.64 Å². The van der Waals surface area contributed by atoms with Gasteiger partial charge in [-0.3, -0.25) is 4.68 Å². The van der Waals surface area contributed by atoms with Gasteiger partial charge in [-0.05, 0) is 51.8 Å². The van der Waals surface area contributed by atoms with Crippen LogP contribution in [0.3, 0.4) is 0 Å². The van der Waals surface area contributed by atoms with Crippen molar-refractivity contribution in [3.05, 3.63) is 22.7 Å². The van der Waals surface area contributed by atoms with Gasteiger partial charge >= 0.3 is 6.09 Å². The van der Waals surface area contributed by atoms with E-state index in [-0.39, 0.29) is 17.2 Å². The Labute approximate surface area is 167 Å². The summed E-state index contributed by atoms with van der Waals surface area (Å²) in [5.74, 6) is 0. The van der Waals surface area contributed by atoms with E-state index in [1.54, 1.807) is 15.6 Å². The Kier molecular flexibility index (Phi) is 5.28. The van der Waals surface area contributed by atoms with Gasteiger partial charge in [0.15, 0.2) is 14.9 Å². The first-order chi connectivity index (χ1) is 12.5. The first kappa shape index (κ1) is 20.1. The summed E-state index contributed by atoms with van der Waals surface area (Å²) in [6.45, 7) is 6.63. The monoisotopic (exact) mass is 457 g/mol. The number of hydrogen-bond acceptors (Lipinski definition) is 5. The molecule has 148 valence electrons. The second kappa shape index (κ2) is 7.09. The maximum atomic E-state index is 12.2. The second-order valence-electron chi connectivity index (χ2n) is 7.88. The smallest absolute Gasteiger partial charge is 0.410 e. The third kappa shape index (κ3) is 4.45. The van der Waals surface area contributed by atoms with Crippen molar-refractivity contribution in [3.8, 4) is 0 Å². The summed E-state index contributed by atoms with van der Waals surface area (Å²) in [6, 6.07) is 5.57. The number of sulfone groups is 1. The number of carbonyl (C=O) groups is 1. The van der Waals surface area contributed by atoms with Crippen LogP contribution in [-0.2, 0) is 14.6 Å². The number of ether oxygens (including phenoxy) is 1. The summed E-state index contributed by atoms with van der Waals surface area (Å²) < 4.78 is 32.4. The zero-order chi connectivity index (χ0) is 20.0. The quantitative estimate of drug-likeness (QED) is 0.685. The Bertz CT molecular complexity index is 970. The molecular formula is C18H24BrN3O4S. The van der Waals surface area contributed by atoms with Gasteiger partial charge in [-0.1, -0.05) is 15.9 Å². The molecule has 2 aromatic rings. The van der Waals surface area contributed by atoms with Crippen LogP contribution in [0, 0.1) is 0 Å². The van der Waals surface area contributed by atoms with Crippen LogP contribution >= 0.6 is 15.9 Å². The molecule has 1 aromatic heterocycles. The first-order valence-electron chi connectivity index (χ1n) is 8.81. The summed E-state index contributed by atoms with van der Waals surface area (Å²) in [5, 5.41) is 5.13. The van der Waals surface area contributed by atoms with Crippen molar-refractivity contribution in [1.82, 2.24) is 14.7 Å². The number of benzene rings is 1. The minimum absolute atomic E-state index is 0.0304. The van der Waals surface area contributed by atoms with Gasteiger partial charge in [0.2, 0.25) is 0 Å². The van der Waals surface area contributed by atoms with Gasteiger partial charge in [0.1, 0.15) is 5.60 Å². The number of piperidine rings is 1. The number of hydrogen-bond donors (Lipinski definition) is 0. The van der Waals surface area contributed by atoms with Gasteiger partial charge in [-0.2, -0.15) is 5.10 Å². The highest BCUT2D eigenvalue weighted by molar-refractivity contribution is 9.10. The Morgan fingerprint density at radius 3 is 2.44 bits per heavy atom. The van der Waals surface area contributed by atoms with Crippen molar-refractivity contribution in [2.75, 3.05) is 19.3 Å². The molecule has 0 unspecified atom stereocenters. The van der Waals surface area contributed by atoms with Crippen LogP contribution in [0.2, 0.25) is 0 Å². The topological polar surface area (TPSA) is 81.5 Å².